The Morgan fingerprint density at radius 3 is 2.54 bits per heavy atom. The highest BCUT2D eigenvalue weighted by Crippen LogP contribution is 2.30. The molecule has 0 aliphatic rings. The fourth-order valence-electron chi connectivity index (χ4n) is 3.67. The second-order valence-electron chi connectivity index (χ2n) is 8.09. The van der Waals surface area contributed by atoms with E-state index < -0.39 is 23.7 Å². The van der Waals surface area contributed by atoms with Crippen molar-refractivity contribution in [2.75, 3.05) is 31.6 Å². The Labute approximate surface area is 208 Å². The fourth-order valence-corrected chi connectivity index (χ4v) is 3.67. The second kappa shape index (κ2) is 12.0. The van der Waals surface area contributed by atoms with Gasteiger partial charge in [-0.05, 0) is 49.2 Å². The molecule has 198 valence electrons. The predicted molar refractivity (Wildman–Crippen MR) is 125 cm³/mol. The van der Waals surface area contributed by atoms with Gasteiger partial charge in [0.1, 0.15) is 12.0 Å². The van der Waals surface area contributed by atoms with Gasteiger partial charge in [-0.2, -0.15) is 5.10 Å². The molecular weight excluding hydrogens is 501 g/mol. The molecule has 2 aromatic carbocycles. The Morgan fingerprint density at radius 1 is 1.00 bits per heavy atom. The summed E-state index contributed by atoms with van der Waals surface area (Å²) in [5, 5.41) is 14.3. The van der Waals surface area contributed by atoms with Gasteiger partial charge in [-0.1, -0.05) is 0 Å². The average Bonchev–Trinajstić information content (AvgIpc) is 3.54. The standard InChI is InChI=1S/C24H24F5N5O3/c25-18-7-15(8-19(26)23(18)37-24(27,28)29)11-30-3-1-2-5-35-6-4-31-20-9-16(22-13-36-14-32-22)10-21-17(20)12-33-34-21/h7-10,12-14,30-31H,1-6,11H2,(H,33,34). The summed E-state index contributed by atoms with van der Waals surface area (Å²) in [4.78, 5) is 4.18. The lowest BCUT2D eigenvalue weighted by molar-refractivity contribution is -0.276. The van der Waals surface area contributed by atoms with E-state index in [1.807, 2.05) is 12.1 Å². The number of H-pyrrole nitrogens is 1. The van der Waals surface area contributed by atoms with Crippen LogP contribution in [0.3, 0.4) is 0 Å². The zero-order valence-electron chi connectivity index (χ0n) is 19.5. The van der Waals surface area contributed by atoms with E-state index in [1.165, 1.54) is 6.39 Å². The van der Waals surface area contributed by atoms with Crippen molar-refractivity contribution < 1.29 is 35.8 Å². The molecule has 8 nitrogen and oxygen atoms in total. The molecule has 0 spiro atoms. The van der Waals surface area contributed by atoms with Crippen molar-refractivity contribution in [3.8, 4) is 17.0 Å². The molecule has 0 aliphatic carbocycles. The third kappa shape index (κ3) is 7.40. The summed E-state index contributed by atoms with van der Waals surface area (Å²) in [6.45, 7) is 2.22. The van der Waals surface area contributed by atoms with Crippen molar-refractivity contribution in [1.29, 1.82) is 0 Å². The van der Waals surface area contributed by atoms with Crippen molar-refractivity contribution >= 4 is 16.6 Å². The lowest BCUT2D eigenvalue weighted by atomic mass is 10.1. The Bertz CT molecular complexity index is 1270. The lowest BCUT2D eigenvalue weighted by Crippen LogP contribution is -2.20. The van der Waals surface area contributed by atoms with Gasteiger partial charge in [0.25, 0.3) is 0 Å². The van der Waals surface area contributed by atoms with Crippen molar-refractivity contribution in [3.63, 3.8) is 0 Å². The number of benzene rings is 2. The van der Waals surface area contributed by atoms with Crippen LogP contribution in [-0.2, 0) is 11.3 Å². The van der Waals surface area contributed by atoms with E-state index in [-0.39, 0.29) is 12.1 Å². The Balaban J connectivity index is 1.12. The van der Waals surface area contributed by atoms with Crippen LogP contribution in [0.2, 0.25) is 0 Å². The van der Waals surface area contributed by atoms with E-state index in [9.17, 15) is 22.0 Å². The predicted octanol–water partition coefficient (Wildman–Crippen LogP) is 5.39. The van der Waals surface area contributed by atoms with Crippen LogP contribution in [0.15, 0.2) is 47.5 Å². The largest absolute Gasteiger partial charge is 0.573 e. The molecule has 4 aromatic rings. The van der Waals surface area contributed by atoms with Crippen LogP contribution in [0.1, 0.15) is 18.4 Å². The monoisotopic (exact) mass is 525 g/mol. The van der Waals surface area contributed by atoms with Crippen LogP contribution in [0.4, 0.5) is 27.6 Å². The van der Waals surface area contributed by atoms with Crippen LogP contribution < -0.4 is 15.4 Å². The molecule has 0 amide bonds. The molecule has 0 fully saturated rings. The molecule has 0 saturated heterocycles. The number of alkyl halides is 3. The summed E-state index contributed by atoms with van der Waals surface area (Å²) in [7, 11) is 0. The number of hydrogen-bond donors (Lipinski definition) is 3. The minimum absolute atomic E-state index is 0.0980. The van der Waals surface area contributed by atoms with Crippen LogP contribution in [0, 0.1) is 11.6 Å². The number of oxazole rings is 1. The SMILES string of the molecule is Fc1cc(CNCCCCOCCNc2cc(-c3cocn3)cc3[nH]ncc23)cc(F)c1OC(F)(F)F. The topological polar surface area (TPSA) is 97.2 Å². The number of hydrogen-bond acceptors (Lipinski definition) is 7. The fraction of sp³-hybridized carbons (Fsp3) is 0.333. The number of aromatic amines is 1. The van der Waals surface area contributed by atoms with Gasteiger partial charge in [0.2, 0.25) is 5.75 Å². The number of nitrogens with zero attached hydrogens (tertiary/aromatic N) is 2. The van der Waals surface area contributed by atoms with E-state index in [0.29, 0.717) is 32.0 Å². The average molecular weight is 525 g/mol. The van der Waals surface area contributed by atoms with Crippen LogP contribution >= 0.6 is 0 Å². The third-order valence-electron chi connectivity index (χ3n) is 5.35. The smallest absolute Gasteiger partial charge is 0.451 e. The molecule has 4 rings (SSSR count). The molecule has 37 heavy (non-hydrogen) atoms. The molecular formula is C24H24F5N5O3. The highest BCUT2D eigenvalue weighted by atomic mass is 19.4. The minimum atomic E-state index is -5.17. The molecule has 0 aliphatic heterocycles. The summed E-state index contributed by atoms with van der Waals surface area (Å²) < 4.78 is 78.2. The first-order valence-electron chi connectivity index (χ1n) is 11.4. The molecule has 13 heteroatoms. The van der Waals surface area contributed by atoms with Gasteiger partial charge in [0.15, 0.2) is 18.0 Å². The third-order valence-corrected chi connectivity index (χ3v) is 5.35. The van der Waals surface area contributed by atoms with Crippen molar-refractivity contribution in [2.45, 2.75) is 25.7 Å². The molecule has 3 N–H and O–H groups in total. The molecule has 2 aromatic heterocycles. The first-order valence-corrected chi connectivity index (χ1v) is 11.4. The number of nitrogens with one attached hydrogen (secondary N) is 3. The number of halogens is 5. The Hall–Kier alpha value is -3.71. The number of aromatic nitrogens is 3. The molecule has 0 unspecified atom stereocenters. The summed E-state index contributed by atoms with van der Waals surface area (Å²) in [6.07, 6.45) is 1.00. The minimum Gasteiger partial charge on any atom is -0.451 e. The van der Waals surface area contributed by atoms with E-state index in [4.69, 9.17) is 9.15 Å². The van der Waals surface area contributed by atoms with Crippen molar-refractivity contribution in [2.24, 2.45) is 0 Å². The van der Waals surface area contributed by atoms with Gasteiger partial charge in [-0.15, -0.1) is 13.2 Å². The molecule has 0 saturated carbocycles. The van der Waals surface area contributed by atoms with E-state index in [0.717, 1.165) is 47.1 Å². The number of rotatable bonds is 13. The van der Waals surface area contributed by atoms with Gasteiger partial charge in [-0.25, -0.2) is 13.8 Å². The highest BCUT2D eigenvalue weighted by molar-refractivity contribution is 5.94. The molecule has 0 bridgehead atoms. The highest BCUT2D eigenvalue weighted by Gasteiger charge is 2.34. The number of fused-ring (bicyclic) bond motifs is 1. The van der Waals surface area contributed by atoms with Crippen LogP contribution in [0.5, 0.6) is 5.75 Å². The van der Waals surface area contributed by atoms with E-state index in [2.05, 4.69) is 30.6 Å². The maximum atomic E-state index is 13.7. The van der Waals surface area contributed by atoms with Crippen LogP contribution in [0.25, 0.3) is 22.2 Å². The zero-order valence-corrected chi connectivity index (χ0v) is 19.5. The maximum absolute atomic E-state index is 13.7. The normalized spacial score (nSPS) is 11.8. The van der Waals surface area contributed by atoms with Crippen molar-refractivity contribution in [1.82, 2.24) is 20.5 Å². The molecule has 2 heterocycles. The van der Waals surface area contributed by atoms with Crippen LogP contribution in [-0.4, -0.2) is 47.8 Å². The number of unbranched alkanes of at least 4 members (excludes halogenated alkanes) is 1. The van der Waals surface area contributed by atoms with E-state index >= 15 is 0 Å². The van der Waals surface area contributed by atoms with Gasteiger partial charge in [-0.3, -0.25) is 5.10 Å². The number of anilines is 1. The molecule has 0 atom stereocenters. The van der Waals surface area contributed by atoms with Gasteiger partial charge in [0, 0.05) is 36.3 Å². The van der Waals surface area contributed by atoms with Gasteiger partial charge in [0.05, 0.1) is 18.3 Å². The summed E-state index contributed by atoms with van der Waals surface area (Å²) in [5.74, 6) is -4.27. The van der Waals surface area contributed by atoms with E-state index in [1.54, 1.807) is 12.5 Å². The zero-order chi connectivity index (χ0) is 26.3. The molecule has 0 radical (unpaired) electrons. The first kappa shape index (κ1) is 26.4. The van der Waals surface area contributed by atoms with Crippen molar-refractivity contribution in [3.05, 3.63) is 60.3 Å². The number of ether oxygens (including phenoxy) is 2. The second-order valence-corrected chi connectivity index (χ2v) is 8.09. The summed E-state index contributed by atoms with van der Waals surface area (Å²) in [6, 6.07) is 5.54. The van der Waals surface area contributed by atoms with Gasteiger partial charge >= 0.3 is 6.36 Å². The Morgan fingerprint density at radius 2 is 1.81 bits per heavy atom. The van der Waals surface area contributed by atoms with Gasteiger partial charge < -0.3 is 24.5 Å². The lowest BCUT2D eigenvalue weighted by Gasteiger charge is -2.12. The first-order chi connectivity index (χ1) is 17.8. The maximum Gasteiger partial charge on any atom is 0.573 e. The Kier molecular flexibility index (Phi) is 8.56. The summed E-state index contributed by atoms with van der Waals surface area (Å²) >= 11 is 0. The quantitative estimate of drug-likeness (QED) is 0.159. The summed E-state index contributed by atoms with van der Waals surface area (Å²) in [5.41, 5.74) is 3.53.